The molecule has 1 N–H and O–H groups in total. The molecule has 1 amide bonds. The fourth-order valence-corrected chi connectivity index (χ4v) is 6.78. The number of rotatable bonds is 6. The Morgan fingerprint density at radius 2 is 1.79 bits per heavy atom. The predicted molar refractivity (Wildman–Crippen MR) is 132 cm³/mol. The average molecular weight is 546 g/mol. The molecular formula is C21H19Cl3N4O3S2. The molecule has 1 aliphatic rings. The second kappa shape index (κ2) is 10.2. The third-order valence-corrected chi connectivity index (χ3v) is 8.90. The topological polar surface area (TPSA) is 92.3 Å². The molecule has 0 bridgehead atoms. The van der Waals surface area contributed by atoms with Gasteiger partial charge in [-0.3, -0.25) is 4.79 Å². The third kappa shape index (κ3) is 5.85. The number of carbonyl (C=O) groups is 1. The Labute approximate surface area is 210 Å². The monoisotopic (exact) mass is 544 g/mol. The quantitative estimate of drug-likeness (QED) is 0.451. The van der Waals surface area contributed by atoms with E-state index in [-0.39, 0.29) is 18.2 Å². The lowest BCUT2D eigenvalue weighted by Crippen LogP contribution is -2.44. The first-order valence-corrected chi connectivity index (χ1v) is 13.6. The molecule has 4 rings (SSSR count). The van der Waals surface area contributed by atoms with Crippen molar-refractivity contribution in [3.05, 3.63) is 63.1 Å². The summed E-state index contributed by atoms with van der Waals surface area (Å²) in [5.74, 6) is -1.11. The van der Waals surface area contributed by atoms with Gasteiger partial charge in [0.25, 0.3) is 0 Å². The van der Waals surface area contributed by atoms with Gasteiger partial charge in [0, 0.05) is 39.3 Å². The molecule has 174 valence electrons. The van der Waals surface area contributed by atoms with Gasteiger partial charge in [-0.25, -0.2) is 12.7 Å². The fourth-order valence-electron chi connectivity index (χ4n) is 3.54. The van der Waals surface area contributed by atoms with Gasteiger partial charge in [-0.05, 0) is 37.1 Å². The van der Waals surface area contributed by atoms with Crippen LogP contribution in [0.4, 0.5) is 5.13 Å². The SMILES string of the molecule is O=C(Nc1nnc(-c2ccc(Cl)cc2)s1)[C@@H]1CCCN(S(=O)(=O)Cc2c(Cl)cccc2Cl)C1. The van der Waals surface area contributed by atoms with Crippen LogP contribution in [0.2, 0.25) is 15.1 Å². The van der Waals surface area contributed by atoms with E-state index in [9.17, 15) is 13.2 Å². The first-order valence-electron chi connectivity index (χ1n) is 10.0. The molecule has 1 aliphatic heterocycles. The number of aromatic nitrogens is 2. The van der Waals surface area contributed by atoms with Gasteiger partial charge in [0.1, 0.15) is 5.01 Å². The molecule has 1 saturated heterocycles. The second-order valence-corrected chi connectivity index (χ2v) is 11.8. The number of hydrogen-bond donors (Lipinski definition) is 1. The lowest BCUT2D eigenvalue weighted by molar-refractivity contribution is -0.120. The molecule has 0 aliphatic carbocycles. The van der Waals surface area contributed by atoms with Gasteiger partial charge in [-0.15, -0.1) is 10.2 Å². The molecule has 0 radical (unpaired) electrons. The van der Waals surface area contributed by atoms with Crippen molar-refractivity contribution >= 4 is 67.2 Å². The summed E-state index contributed by atoms with van der Waals surface area (Å²) < 4.78 is 27.4. The van der Waals surface area contributed by atoms with E-state index in [1.807, 2.05) is 12.1 Å². The summed E-state index contributed by atoms with van der Waals surface area (Å²) in [6.07, 6.45) is 1.15. The van der Waals surface area contributed by atoms with Crippen molar-refractivity contribution in [2.24, 2.45) is 5.92 Å². The summed E-state index contributed by atoms with van der Waals surface area (Å²) in [5.41, 5.74) is 1.20. The zero-order chi connectivity index (χ0) is 23.6. The zero-order valence-electron chi connectivity index (χ0n) is 17.2. The molecular weight excluding hydrogens is 527 g/mol. The second-order valence-electron chi connectivity index (χ2n) is 7.56. The predicted octanol–water partition coefficient (Wildman–Crippen LogP) is 5.35. The number of sulfonamides is 1. The highest BCUT2D eigenvalue weighted by Crippen LogP contribution is 2.30. The van der Waals surface area contributed by atoms with E-state index in [0.717, 1.165) is 5.56 Å². The highest BCUT2D eigenvalue weighted by molar-refractivity contribution is 7.88. The summed E-state index contributed by atoms with van der Waals surface area (Å²) >= 11 is 19.4. The maximum Gasteiger partial charge on any atom is 0.230 e. The summed E-state index contributed by atoms with van der Waals surface area (Å²) in [4.78, 5) is 12.8. The van der Waals surface area contributed by atoms with Crippen molar-refractivity contribution < 1.29 is 13.2 Å². The number of nitrogens with zero attached hydrogens (tertiary/aromatic N) is 3. The molecule has 33 heavy (non-hydrogen) atoms. The van der Waals surface area contributed by atoms with Crippen molar-refractivity contribution in [3.63, 3.8) is 0 Å². The average Bonchev–Trinajstić information content (AvgIpc) is 3.25. The molecule has 12 heteroatoms. The Morgan fingerprint density at radius 3 is 2.48 bits per heavy atom. The number of anilines is 1. The van der Waals surface area contributed by atoms with Crippen LogP contribution in [0.3, 0.4) is 0 Å². The Bertz CT molecular complexity index is 1250. The number of amides is 1. The van der Waals surface area contributed by atoms with E-state index in [1.54, 1.807) is 30.3 Å². The van der Waals surface area contributed by atoms with Gasteiger partial charge >= 0.3 is 0 Å². The number of halogens is 3. The normalized spacial score (nSPS) is 17.1. The molecule has 2 aromatic carbocycles. The van der Waals surface area contributed by atoms with Gasteiger partial charge in [-0.2, -0.15) is 0 Å². The summed E-state index contributed by atoms with van der Waals surface area (Å²) in [5, 5.41) is 13.1. The first kappa shape index (κ1) is 24.4. The minimum atomic E-state index is -3.71. The van der Waals surface area contributed by atoms with Gasteiger partial charge in [0.2, 0.25) is 21.1 Å². The fraction of sp³-hybridized carbons (Fsp3) is 0.286. The van der Waals surface area contributed by atoms with Crippen molar-refractivity contribution in [2.75, 3.05) is 18.4 Å². The molecule has 0 saturated carbocycles. The van der Waals surface area contributed by atoms with E-state index < -0.39 is 15.9 Å². The summed E-state index contributed by atoms with van der Waals surface area (Å²) in [6, 6.07) is 12.0. The van der Waals surface area contributed by atoms with Crippen LogP contribution in [0.1, 0.15) is 18.4 Å². The van der Waals surface area contributed by atoms with Crippen LogP contribution in [0, 0.1) is 5.92 Å². The largest absolute Gasteiger partial charge is 0.300 e. The first-order chi connectivity index (χ1) is 15.7. The van der Waals surface area contributed by atoms with E-state index in [1.165, 1.54) is 15.6 Å². The van der Waals surface area contributed by atoms with Crippen LogP contribution >= 0.6 is 46.1 Å². The number of carbonyl (C=O) groups excluding carboxylic acids is 1. The molecule has 3 aromatic rings. The standard InChI is InChI=1S/C21H19Cl3N4O3S2/c22-15-8-6-13(7-9-15)20-26-27-21(32-20)25-19(29)14-3-2-10-28(11-14)33(30,31)12-16-17(23)4-1-5-18(16)24/h1,4-9,14H,2-3,10-12H2,(H,25,27,29)/t14-/m1/s1. The van der Waals surface area contributed by atoms with Crippen LogP contribution in [0.5, 0.6) is 0 Å². The lowest BCUT2D eigenvalue weighted by atomic mass is 9.99. The molecule has 0 spiro atoms. The van der Waals surface area contributed by atoms with Crippen molar-refractivity contribution in [1.29, 1.82) is 0 Å². The number of hydrogen-bond acceptors (Lipinski definition) is 6. The number of nitrogens with one attached hydrogen (secondary N) is 1. The smallest absolute Gasteiger partial charge is 0.230 e. The number of piperidine rings is 1. The van der Waals surface area contributed by atoms with Crippen molar-refractivity contribution in [3.8, 4) is 10.6 Å². The van der Waals surface area contributed by atoms with Crippen LogP contribution in [0.25, 0.3) is 10.6 Å². The van der Waals surface area contributed by atoms with Gasteiger partial charge in [0.05, 0.1) is 11.7 Å². The van der Waals surface area contributed by atoms with Crippen molar-refractivity contribution in [1.82, 2.24) is 14.5 Å². The van der Waals surface area contributed by atoms with E-state index in [4.69, 9.17) is 34.8 Å². The molecule has 1 aromatic heterocycles. The molecule has 1 atom stereocenters. The van der Waals surface area contributed by atoms with Crippen LogP contribution in [-0.4, -0.2) is 41.9 Å². The van der Waals surface area contributed by atoms with Crippen LogP contribution in [0.15, 0.2) is 42.5 Å². The minimum absolute atomic E-state index is 0.0824. The third-order valence-electron chi connectivity index (χ3n) is 5.28. The lowest BCUT2D eigenvalue weighted by Gasteiger charge is -2.31. The zero-order valence-corrected chi connectivity index (χ0v) is 21.1. The van der Waals surface area contributed by atoms with E-state index in [2.05, 4.69) is 15.5 Å². The maximum atomic E-state index is 13.0. The highest BCUT2D eigenvalue weighted by atomic mass is 35.5. The Morgan fingerprint density at radius 1 is 1.09 bits per heavy atom. The van der Waals surface area contributed by atoms with Gasteiger partial charge in [0.15, 0.2) is 0 Å². The van der Waals surface area contributed by atoms with Crippen LogP contribution < -0.4 is 5.32 Å². The minimum Gasteiger partial charge on any atom is -0.300 e. The molecule has 7 nitrogen and oxygen atoms in total. The summed E-state index contributed by atoms with van der Waals surface area (Å²) in [6.45, 7) is 0.423. The van der Waals surface area contributed by atoms with E-state index in [0.29, 0.717) is 50.2 Å². The Balaban J connectivity index is 1.42. The number of benzene rings is 2. The summed E-state index contributed by atoms with van der Waals surface area (Å²) in [7, 11) is -3.71. The maximum absolute atomic E-state index is 13.0. The van der Waals surface area contributed by atoms with E-state index >= 15 is 0 Å². The Kier molecular flexibility index (Phi) is 7.57. The highest BCUT2D eigenvalue weighted by Gasteiger charge is 2.33. The molecule has 0 unspecified atom stereocenters. The van der Waals surface area contributed by atoms with Gasteiger partial charge in [-0.1, -0.05) is 64.3 Å². The Hall–Kier alpha value is -1.75. The van der Waals surface area contributed by atoms with Crippen LogP contribution in [-0.2, 0) is 20.6 Å². The van der Waals surface area contributed by atoms with Gasteiger partial charge < -0.3 is 5.32 Å². The molecule has 1 fully saturated rings. The molecule has 2 heterocycles. The van der Waals surface area contributed by atoms with Crippen molar-refractivity contribution in [2.45, 2.75) is 18.6 Å².